The lowest BCUT2D eigenvalue weighted by molar-refractivity contribution is 0.296. The van der Waals surface area contributed by atoms with Gasteiger partial charge in [0.15, 0.2) is 0 Å². The quantitative estimate of drug-likeness (QED) is 0.688. The molecule has 134 valence electrons. The maximum absolute atomic E-state index is 8.27. The van der Waals surface area contributed by atoms with Crippen LogP contribution < -0.4 is 10.4 Å². The lowest BCUT2D eigenvalue weighted by Gasteiger charge is -2.19. The molecular weight excluding hydrogens is 378 g/mol. The van der Waals surface area contributed by atoms with Crippen molar-refractivity contribution in [3.63, 3.8) is 0 Å². The molecule has 0 saturated carbocycles. The first kappa shape index (κ1) is 19.3. The molecule has 2 aromatic carbocycles. The minimum absolute atomic E-state index is 0. The van der Waals surface area contributed by atoms with Gasteiger partial charge in [0.25, 0.3) is 0 Å². The van der Waals surface area contributed by atoms with Crippen LogP contribution >= 0.6 is 17.0 Å². The first-order chi connectivity index (χ1) is 11.4. The van der Waals surface area contributed by atoms with E-state index in [1.807, 2.05) is 52.6 Å². The number of imidazole rings is 1. The number of halogens is 1. The molecule has 1 N–H and O–H groups in total. The van der Waals surface area contributed by atoms with Crippen LogP contribution in [0, 0.1) is 5.41 Å². The molecule has 0 bridgehead atoms. The second-order valence-corrected chi connectivity index (χ2v) is 7.15. The number of ether oxygens (including phenoxy) is 1. The Morgan fingerprint density at radius 2 is 1.56 bits per heavy atom. The van der Waals surface area contributed by atoms with E-state index in [4.69, 9.17) is 10.1 Å². The van der Waals surface area contributed by atoms with E-state index in [1.165, 1.54) is 5.56 Å². The molecule has 0 aliphatic carbocycles. The molecule has 0 aliphatic heterocycles. The van der Waals surface area contributed by atoms with Gasteiger partial charge in [0.1, 0.15) is 12.4 Å². The van der Waals surface area contributed by atoms with Crippen LogP contribution in [0.1, 0.15) is 26.3 Å². The van der Waals surface area contributed by atoms with Gasteiger partial charge in [-0.15, -0.1) is 17.0 Å². The molecular formula is C20H26BrN3O. The summed E-state index contributed by atoms with van der Waals surface area (Å²) < 4.78 is 9.76. The van der Waals surface area contributed by atoms with Crippen molar-refractivity contribution in [1.29, 1.82) is 5.41 Å². The van der Waals surface area contributed by atoms with E-state index in [2.05, 4.69) is 32.9 Å². The molecule has 0 fully saturated rings. The van der Waals surface area contributed by atoms with Gasteiger partial charge in [-0.1, -0.05) is 45.0 Å². The summed E-state index contributed by atoms with van der Waals surface area (Å²) in [6, 6.07) is 16.4. The molecule has 0 saturated heterocycles. The molecule has 3 rings (SSSR count). The molecule has 0 amide bonds. The third-order valence-electron chi connectivity index (χ3n) is 4.41. The molecule has 5 heteroatoms. The second kappa shape index (κ2) is 7.48. The number of rotatable bonds is 4. The molecule has 1 heterocycles. The van der Waals surface area contributed by atoms with Gasteiger partial charge in [0, 0.05) is 7.05 Å². The van der Waals surface area contributed by atoms with Gasteiger partial charge in [-0.3, -0.25) is 5.41 Å². The summed E-state index contributed by atoms with van der Waals surface area (Å²) >= 11 is 0. The predicted octanol–water partition coefficient (Wildman–Crippen LogP) is 4.41. The Hall–Kier alpha value is -2.01. The molecule has 0 radical (unpaired) electrons. The fourth-order valence-electron chi connectivity index (χ4n) is 2.92. The number of benzene rings is 2. The van der Waals surface area contributed by atoms with E-state index >= 15 is 0 Å². The number of aromatic nitrogens is 2. The van der Waals surface area contributed by atoms with Crippen molar-refractivity contribution in [1.82, 2.24) is 9.13 Å². The normalized spacial score (nSPS) is 11.4. The van der Waals surface area contributed by atoms with Crippen molar-refractivity contribution in [2.45, 2.75) is 32.7 Å². The summed E-state index contributed by atoms with van der Waals surface area (Å²) in [4.78, 5) is 0. The highest BCUT2D eigenvalue weighted by atomic mass is 79.9. The number of hydrogen-bond donors (Lipinski definition) is 1. The lowest BCUT2D eigenvalue weighted by atomic mass is 9.87. The molecule has 3 aromatic rings. The minimum Gasteiger partial charge on any atom is -0.492 e. The van der Waals surface area contributed by atoms with Crippen LogP contribution in [0.3, 0.4) is 0 Å². The van der Waals surface area contributed by atoms with Gasteiger partial charge >= 0.3 is 0 Å². The smallest absolute Gasteiger partial charge is 0.202 e. The van der Waals surface area contributed by atoms with Gasteiger partial charge < -0.3 is 13.9 Å². The van der Waals surface area contributed by atoms with Gasteiger partial charge in [0.2, 0.25) is 5.62 Å². The minimum atomic E-state index is 0. The van der Waals surface area contributed by atoms with Crippen LogP contribution in [0.15, 0.2) is 48.5 Å². The maximum atomic E-state index is 8.27. The Labute approximate surface area is 159 Å². The van der Waals surface area contributed by atoms with Crippen LogP contribution in [0.2, 0.25) is 0 Å². The van der Waals surface area contributed by atoms with Crippen molar-refractivity contribution in [2.75, 3.05) is 6.61 Å². The Kier molecular flexibility index (Phi) is 5.78. The second-order valence-electron chi connectivity index (χ2n) is 7.15. The maximum Gasteiger partial charge on any atom is 0.202 e. The summed E-state index contributed by atoms with van der Waals surface area (Å²) in [6.45, 7) is 7.81. The molecule has 0 unspecified atom stereocenters. The zero-order valence-corrected chi connectivity index (χ0v) is 17.0. The van der Waals surface area contributed by atoms with Crippen molar-refractivity contribution in [2.24, 2.45) is 7.05 Å². The van der Waals surface area contributed by atoms with Crippen molar-refractivity contribution < 1.29 is 4.74 Å². The Balaban J connectivity index is 0.00000225. The molecule has 25 heavy (non-hydrogen) atoms. The fraction of sp³-hybridized carbons (Fsp3) is 0.350. The number of nitrogens with zero attached hydrogens (tertiary/aromatic N) is 2. The Morgan fingerprint density at radius 1 is 0.960 bits per heavy atom. The number of fused-ring (bicyclic) bond motifs is 1. The van der Waals surface area contributed by atoms with Gasteiger partial charge in [-0.05, 0) is 35.2 Å². The van der Waals surface area contributed by atoms with Crippen molar-refractivity contribution in [3.8, 4) is 5.75 Å². The van der Waals surface area contributed by atoms with Crippen LogP contribution in [-0.4, -0.2) is 15.7 Å². The Morgan fingerprint density at radius 3 is 2.16 bits per heavy atom. The summed E-state index contributed by atoms with van der Waals surface area (Å²) in [5.74, 6) is 0.871. The molecule has 0 spiro atoms. The summed E-state index contributed by atoms with van der Waals surface area (Å²) in [5.41, 5.74) is 4.07. The molecule has 0 aliphatic rings. The molecule has 0 atom stereocenters. The number of aryl methyl sites for hydroxylation is 1. The monoisotopic (exact) mass is 403 g/mol. The lowest BCUT2D eigenvalue weighted by Crippen LogP contribution is -2.24. The van der Waals surface area contributed by atoms with E-state index in [0.717, 1.165) is 16.8 Å². The highest BCUT2D eigenvalue weighted by molar-refractivity contribution is 8.93. The third-order valence-corrected chi connectivity index (χ3v) is 4.41. The van der Waals surface area contributed by atoms with Crippen LogP contribution in [0.25, 0.3) is 11.0 Å². The SMILES string of the molecule is Br.Cn1c(=N)n(CCOc2ccc(C(C)(C)C)cc2)c2ccccc21. The average molecular weight is 404 g/mol. The number of para-hydroxylation sites is 2. The topological polar surface area (TPSA) is 42.9 Å². The van der Waals surface area contributed by atoms with E-state index in [1.54, 1.807) is 0 Å². The van der Waals surface area contributed by atoms with E-state index in [0.29, 0.717) is 18.8 Å². The zero-order chi connectivity index (χ0) is 17.3. The summed E-state index contributed by atoms with van der Waals surface area (Å²) in [7, 11) is 1.92. The first-order valence-corrected chi connectivity index (χ1v) is 8.30. The third kappa shape index (κ3) is 3.98. The van der Waals surface area contributed by atoms with E-state index < -0.39 is 0 Å². The highest BCUT2D eigenvalue weighted by Crippen LogP contribution is 2.24. The predicted molar refractivity (Wildman–Crippen MR) is 108 cm³/mol. The molecule has 4 nitrogen and oxygen atoms in total. The van der Waals surface area contributed by atoms with Gasteiger partial charge in [0.05, 0.1) is 17.6 Å². The largest absolute Gasteiger partial charge is 0.492 e. The highest BCUT2D eigenvalue weighted by Gasteiger charge is 2.13. The fourth-order valence-corrected chi connectivity index (χ4v) is 2.92. The van der Waals surface area contributed by atoms with Crippen molar-refractivity contribution >= 4 is 28.0 Å². The zero-order valence-electron chi connectivity index (χ0n) is 15.2. The number of hydrogen-bond acceptors (Lipinski definition) is 2. The molecule has 1 aromatic heterocycles. The van der Waals surface area contributed by atoms with Crippen LogP contribution in [0.5, 0.6) is 5.75 Å². The first-order valence-electron chi connectivity index (χ1n) is 8.30. The van der Waals surface area contributed by atoms with E-state index in [9.17, 15) is 0 Å². The number of nitrogens with one attached hydrogen (secondary N) is 1. The van der Waals surface area contributed by atoms with Crippen molar-refractivity contribution in [3.05, 3.63) is 59.7 Å². The average Bonchev–Trinajstić information content (AvgIpc) is 2.80. The standard InChI is InChI=1S/C20H25N3O.BrH/c1-20(2,3)15-9-11-16(12-10-15)24-14-13-23-18-8-6-5-7-17(18)22(4)19(23)21;/h5-12,21H,13-14H2,1-4H3;1H. The van der Waals surface area contributed by atoms with Crippen LogP contribution in [0.4, 0.5) is 0 Å². The van der Waals surface area contributed by atoms with Gasteiger partial charge in [-0.2, -0.15) is 0 Å². The Bertz CT molecular complexity index is 901. The summed E-state index contributed by atoms with van der Waals surface area (Å²) in [6.07, 6.45) is 0. The van der Waals surface area contributed by atoms with Gasteiger partial charge in [-0.25, -0.2) is 0 Å². The van der Waals surface area contributed by atoms with E-state index in [-0.39, 0.29) is 22.4 Å². The van der Waals surface area contributed by atoms with Crippen LogP contribution in [-0.2, 0) is 19.0 Å². The summed E-state index contributed by atoms with van der Waals surface area (Å²) in [5, 5.41) is 8.27.